The fraction of sp³-hybridized carbons (Fsp3) is 0.462. The third-order valence-corrected chi connectivity index (χ3v) is 3.86. The summed E-state index contributed by atoms with van der Waals surface area (Å²) in [7, 11) is 0. The number of carbonyl (C=O) groups excluding carboxylic acids is 1. The fourth-order valence-corrected chi connectivity index (χ4v) is 2.25. The summed E-state index contributed by atoms with van der Waals surface area (Å²) in [5.74, 6) is 0.575. The summed E-state index contributed by atoms with van der Waals surface area (Å²) < 4.78 is 5.19. The number of aliphatic hydroxyl groups is 1. The van der Waals surface area contributed by atoms with E-state index in [4.69, 9.17) is 4.74 Å². The van der Waals surface area contributed by atoms with Crippen LogP contribution in [0, 0.1) is 5.41 Å². The lowest BCUT2D eigenvalue weighted by molar-refractivity contribution is -0.0231. The van der Waals surface area contributed by atoms with E-state index in [0.29, 0.717) is 18.8 Å². The Balaban J connectivity index is 1.78. The van der Waals surface area contributed by atoms with Crippen LogP contribution in [0.15, 0.2) is 30.3 Å². The first-order valence-corrected chi connectivity index (χ1v) is 6.50. The van der Waals surface area contributed by atoms with Crippen LogP contribution in [-0.4, -0.2) is 41.5 Å². The van der Waals surface area contributed by atoms with Gasteiger partial charge in [0.25, 0.3) is 0 Å². The van der Waals surface area contributed by atoms with Crippen molar-refractivity contribution in [1.29, 1.82) is 0 Å². The van der Waals surface area contributed by atoms with E-state index in [9.17, 15) is 9.90 Å². The van der Waals surface area contributed by atoms with Crippen molar-refractivity contribution in [2.24, 2.45) is 5.41 Å². The highest BCUT2D eigenvalue weighted by molar-refractivity contribution is 7.80. The second kappa shape index (κ2) is 5.63. The van der Waals surface area contributed by atoms with Gasteiger partial charge in [0.15, 0.2) is 0 Å². The van der Waals surface area contributed by atoms with Gasteiger partial charge in [-0.1, -0.05) is 30.3 Å². The molecule has 1 aromatic carbocycles. The second-order valence-electron chi connectivity index (χ2n) is 4.71. The quantitative estimate of drug-likeness (QED) is 0.814. The number of rotatable bonds is 4. The van der Waals surface area contributed by atoms with Gasteiger partial charge in [0.1, 0.15) is 6.61 Å². The zero-order valence-electron chi connectivity index (χ0n) is 10.1. The maximum atomic E-state index is 11.7. The van der Waals surface area contributed by atoms with Crippen LogP contribution in [-0.2, 0) is 11.3 Å². The van der Waals surface area contributed by atoms with Gasteiger partial charge in [0.2, 0.25) is 0 Å². The molecule has 1 saturated heterocycles. The summed E-state index contributed by atoms with van der Waals surface area (Å²) in [6.07, 6.45) is -0.329. The van der Waals surface area contributed by atoms with Crippen molar-refractivity contribution in [3.8, 4) is 0 Å². The summed E-state index contributed by atoms with van der Waals surface area (Å²) >= 11 is 4.19. The third kappa shape index (κ3) is 2.79. The van der Waals surface area contributed by atoms with Gasteiger partial charge in [-0.15, -0.1) is 0 Å². The molecule has 4 nitrogen and oxygen atoms in total. The summed E-state index contributed by atoms with van der Waals surface area (Å²) in [4.78, 5) is 13.3. The molecule has 1 fully saturated rings. The minimum atomic E-state index is -0.329. The third-order valence-electron chi connectivity index (χ3n) is 3.19. The smallest absolute Gasteiger partial charge is 0.410 e. The Hall–Kier alpha value is -1.20. The van der Waals surface area contributed by atoms with Crippen molar-refractivity contribution in [2.45, 2.75) is 6.61 Å². The Morgan fingerprint density at radius 3 is 2.61 bits per heavy atom. The average Bonchev–Trinajstić information content (AvgIpc) is 2.37. The number of ether oxygens (including phenoxy) is 1. The van der Waals surface area contributed by atoms with E-state index in [2.05, 4.69) is 12.6 Å². The summed E-state index contributed by atoms with van der Waals surface area (Å²) in [5, 5.41) is 9.22. The van der Waals surface area contributed by atoms with E-state index in [0.717, 1.165) is 5.56 Å². The van der Waals surface area contributed by atoms with Gasteiger partial charge in [-0.05, 0) is 5.56 Å². The maximum absolute atomic E-state index is 11.7. The van der Waals surface area contributed by atoms with Gasteiger partial charge < -0.3 is 14.7 Å². The molecular formula is C13H17NO3S. The van der Waals surface area contributed by atoms with Gasteiger partial charge in [0, 0.05) is 24.3 Å². The van der Waals surface area contributed by atoms with Crippen molar-refractivity contribution in [2.75, 3.05) is 25.4 Å². The lowest BCUT2D eigenvalue weighted by Gasteiger charge is -2.47. The largest absolute Gasteiger partial charge is 0.445 e. The summed E-state index contributed by atoms with van der Waals surface area (Å²) in [5.41, 5.74) is 0.725. The molecule has 18 heavy (non-hydrogen) atoms. The highest BCUT2D eigenvalue weighted by Crippen LogP contribution is 2.31. The van der Waals surface area contributed by atoms with Crippen LogP contribution in [0.4, 0.5) is 4.79 Å². The Bertz CT molecular complexity index is 398. The van der Waals surface area contributed by atoms with E-state index in [1.165, 1.54) is 0 Å². The van der Waals surface area contributed by atoms with Gasteiger partial charge in [-0.2, -0.15) is 12.6 Å². The molecular weight excluding hydrogens is 250 g/mol. The van der Waals surface area contributed by atoms with Crippen LogP contribution in [0.5, 0.6) is 0 Å². The molecule has 1 N–H and O–H groups in total. The number of benzene rings is 1. The van der Waals surface area contributed by atoms with Gasteiger partial charge in [-0.25, -0.2) is 4.79 Å². The van der Waals surface area contributed by atoms with E-state index in [-0.39, 0.29) is 24.7 Å². The number of aliphatic hydroxyl groups excluding tert-OH is 1. The first kappa shape index (κ1) is 13.2. The molecule has 0 aromatic heterocycles. The van der Waals surface area contributed by atoms with E-state index >= 15 is 0 Å². The minimum absolute atomic E-state index is 0.0545. The lowest BCUT2D eigenvalue weighted by atomic mass is 9.83. The minimum Gasteiger partial charge on any atom is -0.445 e. The van der Waals surface area contributed by atoms with Crippen molar-refractivity contribution < 1.29 is 14.6 Å². The first-order chi connectivity index (χ1) is 8.69. The molecule has 1 amide bonds. The molecule has 1 aromatic rings. The molecule has 1 aliphatic heterocycles. The van der Waals surface area contributed by atoms with Crippen LogP contribution in [0.2, 0.25) is 0 Å². The monoisotopic (exact) mass is 267 g/mol. The Labute approximate surface area is 112 Å². The predicted molar refractivity (Wildman–Crippen MR) is 71.6 cm³/mol. The Morgan fingerprint density at radius 1 is 1.39 bits per heavy atom. The predicted octanol–water partition coefficient (Wildman–Crippen LogP) is 1.55. The highest BCUT2D eigenvalue weighted by atomic mass is 32.1. The van der Waals surface area contributed by atoms with Crippen LogP contribution < -0.4 is 0 Å². The number of carbonyl (C=O) groups is 1. The van der Waals surface area contributed by atoms with Gasteiger partial charge in [0.05, 0.1) is 6.61 Å². The highest BCUT2D eigenvalue weighted by Gasteiger charge is 2.44. The number of hydrogen-bond donors (Lipinski definition) is 2. The van der Waals surface area contributed by atoms with E-state index in [1.54, 1.807) is 4.90 Å². The number of thiol groups is 1. The first-order valence-electron chi connectivity index (χ1n) is 5.86. The molecule has 1 heterocycles. The number of amides is 1. The van der Waals surface area contributed by atoms with Gasteiger partial charge in [-0.3, -0.25) is 0 Å². The molecule has 1 aliphatic rings. The van der Waals surface area contributed by atoms with Crippen molar-refractivity contribution in [1.82, 2.24) is 4.90 Å². The average molecular weight is 267 g/mol. The Kier molecular flexibility index (Phi) is 4.14. The summed E-state index contributed by atoms with van der Waals surface area (Å²) in [6, 6.07) is 9.56. The number of likely N-dealkylation sites (tertiary alicyclic amines) is 1. The van der Waals surface area contributed by atoms with Crippen molar-refractivity contribution >= 4 is 18.7 Å². The molecule has 5 heteroatoms. The molecule has 98 valence electrons. The van der Waals surface area contributed by atoms with E-state index < -0.39 is 0 Å². The van der Waals surface area contributed by atoms with E-state index in [1.807, 2.05) is 30.3 Å². The van der Waals surface area contributed by atoms with Crippen LogP contribution >= 0.6 is 12.6 Å². The van der Waals surface area contributed by atoms with Crippen LogP contribution in [0.1, 0.15) is 5.56 Å². The number of nitrogens with zero attached hydrogens (tertiary/aromatic N) is 1. The fourth-order valence-electron chi connectivity index (χ4n) is 1.95. The SMILES string of the molecule is O=C(OCc1ccccc1)N1CC(CO)(CS)C1. The molecule has 0 spiro atoms. The van der Waals surface area contributed by atoms with Crippen LogP contribution in [0.25, 0.3) is 0 Å². The summed E-state index contributed by atoms with van der Waals surface area (Å²) in [6.45, 7) is 1.36. The zero-order valence-corrected chi connectivity index (χ0v) is 11.0. The maximum Gasteiger partial charge on any atom is 0.410 e. The normalized spacial score (nSPS) is 17.1. The Morgan fingerprint density at radius 2 is 2.06 bits per heavy atom. The molecule has 2 rings (SSSR count). The zero-order chi connectivity index (χ0) is 13.0. The van der Waals surface area contributed by atoms with Crippen molar-refractivity contribution in [3.63, 3.8) is 0 Å². The lowest BCUT2D eigenvalue weighted by Crippen LogP contribution is -2.61. The second-order valence-corrected chi connectivity index (χ2v) is 5.03. The van der Waals surface area contributed by atoms with Gasteiger partial charge >= 0.3 is 6.09 Å². The molecule has 0 unspecified atom stereocenters. The van der Waals surface area contributed by atoms with Crippen molar-refractivity contribution in [3.05, 3.63) is 35.9 Å². The molecule has 0 bridgehead atoms. The molecule has 0 saturated carbocycles. The molecule has 0 aliphatic carbocycles. The number of hydrogen-bond acceptors (Lipinski definition) is 4. The standard InChI is InChI=1S/C13H17NO3S/c15-9-13(10-18)7-14(8-13)12(16)17-6-11-4-2-1-3-5-11/h1-5,15,18H,6-10H2. The molecule has 0 radical (unpaired) electrons. The molecule has 0 atom stereocenters. The van der Waals surface area contributed by atoms with Crippen LogP contribution in [0.3, 0.4) is 0 Å². The topological polar surface area (TPSA) is 49.8 Å².